The highest BCUT2D eigenvalue weighted by Crippen LogP contribution is 2.22. The molecule has 1 atom stereocenters. The van der Waals surface area contributed by atoms with Crippen LogP contribution in [0.5, 0.6) is 0 Å². The van der Waals surface area contributed by atoms with Gasteiger partial charge in [0, 0.05) is 32.2 Å². The molecule has 23 heavy (non-hydrogen) atoms. The second-order valence-electron chi connectivity index (χ2n) is 7.67. The number of amides is 1. The number of nitrogens with zero attached hydrogens (tertiary/aromatic N) is 2. The van der Waals surface area contributed by atoms with Gasteiger partial charge in [-0.3, -0.25) is 4.90 Å². The Balaban J connectivity index is 1.57. The Labute approximate surface area is 139 Å². The van der Waals surface area contributed by atoms with Crippen molar-refractivity contribution in [3.05, 3.63) is 35.4 Å². The average molecular weight is 316 g/mol. The Morgan fingerprint density at radius 2 is 1.70 bits per heavy atom. The van der Waals surface area contributed by atoms with E-state index in [1.807, 2.05) is 25.7 Å². The maximum atomic E-state index is 12.2. The fourth-order valence-corrected chi connectivity index (χ4v) is 3.58. The molecular formula is C19H28N2O2. The van der Waals surface area contributed by atoms with E-state index in [4.69, 9.17) is 4.74 Å². The summed E-state index contributed by atoms with van der Waals surface area (Å²) in [5, 5.41) is 0. The van der Waals surface area contributed by atoms with Gasteiger partial charge in [0.25, 0.3) is 0 Å². The number of carbonyl (C=O) groups excluding carboxylic acids is 1. The van der Waals surface area contributed by atoms with E-state index in [1.165, 1.54) is 11.1 Å². The SMILES string of the molecule is CC(C)(C)OC(=O)N1CC[C@H](N2CCc3ccccc3CC2)C1. The van der Waals surface area contributed by atoms with Crippen LogP contribution < -0.4 is 0 Å². The maximum Gasteiger partial charge on any atom is 0.410 e. The van der Waals surface area contributed by atoms with E-state index < -0.39 is 5.60 Å². The third-order valence-electron chi connectivity index (χ3n) is 4.79. The molecule has 0 aromatic heterocycles. The lowest BCUT2D eigenvalue weighted by atomic mass is 10.0. The van der Waals surface area contributed by atoms with E-state index in [-0.39, 0.29) is 6.09 Å². The fraction of sp³-hybridized carbons (Fsp3) is 0.632. The molecule has 0 aliphatic carbocycles. The van der Waals surface area contributed by atoms with Crippen molar-refractivity contribution < 1.29 is 9.53 Å². The highest BCUT2D eigenvalue weighted by Gasteiger charge is 2.33. The maximum absolute atomic E-state index is 12.2. The van der Waals surface area contributed by atoms with Crippen LogP contribution in [-0.2, 0) is 17.6 Å². The number of ether oxygens (including phenoxy) is 1. The van der Waals surface area contributed by atoms with E-state index in [9.17, 15) is 4.79 Å². The van der Waals surface area contributed by atoms with Gasteiger partial charge in [-0.25, -0.2) is 4.79 Å². The number of hydrogen-bond donors (Lipinski definition) is 0. The predicted molar refractivity (Wildman–Crippen MR) is 91.6 cm³/mol. The lowest BCUT2D eigenvalue weighted by Crippen LogP contribution is -2.41. The van der Waals surface area contributed by atoms with E-state index in [0.29, 0.717) is 6.04 Å². The summed E-state index contributed by atoms with van der Waals surface area (Å²) in [7, 11) is 0. The van der Waals surface area contributed by atoms with Gasteiger partial charge in [0.15, 0.2) is 0 Å². The molecule has 0 saturated carbocycles. The summed E-state index contributed by atoms with van der Waals surface area (Å²) in [5.41, 5.74) is 2.55. The van der Waals surface area contributed by atoms with Crippen molar-refractivity contribution in [3.8, 4) is 0 Å². The Bertz CT molecular complexity index is 538. The minimum absolute atomic E-state index is 0.168. The molecular weight excluding hydrogens is 288 g/mol. The van der Waals surface area contributed by atoms with Crippen molar-refractivity contribution in [3.63, 3.8) is 0 Å². The molecule has 1 saturated heterocycles. The van der Waals surface area contributed by atoms with Gasteiger partial charge in [-0.1, -0.05) is 24.3 Å². The van der Waals surface area contributed by atoms with Crippen LogP contribution in [0, 0.1) is 0 Å². The Morgan fingerprint density at radius 3 is 2.26 bits per heavy atom. The minimum atomic E-state index is -0.417. The van der Waals surface area contributed by atoms with Crippen molar-refractivity contribution >= 4 is 6.09 Å². The van der Waals surface area contributed by atoms with Crippen molar-refractivity contribution in [1.29, 1.82) is 0 Å². The number of fused-ring (bicyclic) bond motifs is 1. The summed E-state index contributed by atoms with van der Waals surface area (Å²) in [4.78, 5) is 16.6. The number of rotatable bonds is 1. The summed E-state index contributed by atoms with van der Waals surface area (Å²) in [5.74, 6) is 0. The molecule has 126 valence electrons. The highest BCUT2D eigenvalue weighted by atomic mass is 16.6. The zero-order valence-corrected chi connectivity index (χ0v) is 14.5. The van der Waals surface area contributed by atoms with Gasteiger partial charge in [0.2, 0.25) is 0 Å². The van der Waals surface area contributed by atoms with Crippen LogP contribution in [0.25, 0.3) is 0 Å². The first-order valence-electron chi connectivity index (χ1n) is 8.71. The topological polar surface area (TPSA) is 32.8 Å². The van der Waals surface area contributed by atoms with Crippen molar-refractivity contribution in [1.82, 2.24) is 9.80 Å². The fourth-order valence-electron chi connectivity index (χ4n) is 3.58. The molecule has 0 N–H and O–H groups in total. The number of likely N-dealkylation sites (tertiary alicyclic amines) is 1. The third-order valence-corrected chi connectivity index (χ3v) is 4.79. The van der Waals surface area contributed by atoms with E-state index in [0.717, 1.165) is 45.4 Å². The normalized spacial score (nSPS) is 22.6. The summed E-state index contributed by atoms with van der Waals surface area (Å²) < 4.78 is 5.50. The first-order valence-corrected chi connectivity index (χ1v) is 8.71. The second kappa shape index (κ2) is 6.52. The van der Waals surface area contributed by atoms with Crippen LogP contribution in [0.1, 0.15) is 38.3 Å². The molecule has 2 heterocycles. The second-order valence-corrected chi connectivity index (χ2v) is 7.67. The molecule has 0 unspecified atom stereocenters. The third kappa shape index (κ3) is 4.05. The molecule has 3 rings (SSSR count). The van der Waals surface area contributed by atoms with E-state index >= 15 is 0 Å². The smallest absolute Gasteiger partial charge is 0.410 e. The average Bonchev–Trinajstić information content (AvgIpc) is 2.87. The summed E-state index contributed by atoms with van der Waals surface area (Å²) >= 11 is 0. The Hall–Kier alpha value is -1.55. The molecule has 1 aromatic rings. The highest BCUT2D eigenvalue weighted by molar-refractivity contribution is 5.68. The molecule has 0 spiro atoms. The molecule has 1 fully saturated rings. The predicted octanol–water partition coefficient (Wildman–Crippen LogP) is 3.10. The monoisotopic (exact) mass is 316 g/mol. The number of carbonyl (C=O) groups is 1. The van der Waals surface area contributed by atoms with Crippen LogP contribution in [0.2, 0.25) is 0 Å². The van der Waals surface area contributed by atoms with Crippen LogP contribution >= 0.6 is 0 Å². The molecule has 1 amide bonds. The van der Waals surface area contributed by atoms with Crippen molar-refractivity contribution in [2.75, 3.05) is 26.2 Å². The number of hydrogen-bond acceptors (Lipinski definition) is 3. The van der Waals surface area contributed by atoms with Gasteiger partial charge in [-0.2, -0.15) is 0 Å². The van der Waals surface area contributed by atoms with Crippen LogP contribution in [0.4, 0.5) is 4.79 Å². The first-order chi connectivity index (χ1) is 10.9. The van der Waals surface area contributed by atoms with Crippen molar-refractivity contribution in [2.24, 2.45) is 0 Å². The quantitative estimate of drug-likeness (QED) is 0.798. The molecule has 0 radical (unpaired) electrons. The molecule has 4 nitrogen and oxygen atoms in total. The van der Waals surface area contributed by atoms with Gasteiger partial charge in [0.05, 0.1) is 0 Å². The summed E-state index contributed by atoms with van der Waals surface area (Å²) in [6.07, 6.45) is 3.10. The molecule has 2 aliphatic heterocycles. The van der Waals surface area contributed by atoms with Gasteiger partial charge < -0.3 is 9.64 Å². The molecule has 2 aliphatic rings. The summed E-state index contributed by atoms with van der Waals surface area (Å²) in [6.45, 7) is 9.54. The van der Waals surface area contributed by atoms with Gasteiger partial charge in [0.1, 0.15) is 5.60 Å². The zero-order valence-electron chi connectivity index (χ0n) is 14.5. The van der Waals surface area contributed by atoms with E-state index in [1.54, 1.807) is 0 Å². The lowest BCUT2D eigenvalue weighted by Gasteiger charge is -2.28. The van der Waals surface area contributed by atoms with Gasteiger partial charge in [-0.15, -0.1) is 0 Å². The van der Waals surface area contributed by atoms with E-state index in [2.05, 4.69) is 29.2 Å². The first kappa shape index (κ1) is 16.3. The largest absolute Gasteiger partial charge is 0.444 e. The van der Waals surface area contributed by atoms with Gasteiger partial charge in [-0.05, 0) is 51.2 Å². The summed E-state index contributed by atoms with van der Waals surface area (Å²) in [6, 6.07) is 9.24. The Morgan fingerprint density at radius 1 is 1.09 bits per heavy atom. The van der Waals surface area contributed by atoms with Crippen molar-refractivity contribution in [2.45, 2.75) is 51.7 Å². The standard InChI is InChI=1S/C19H28N2O2/c1-19(2,3)23-18(22)21-13-10-17(14-21)20-11-8-15-6-4-5-7-16(15)9-12-20/h4-7,17H,8-14H2,1-3H3/t17-/m0/s1. The van der Waals surface area contributed by atoms with Gasteiger partial charge >= 0.3 is 6.09 Å². The molecule has 4 heteroatoms. The van der Waals surface area contributed by atoms with Crippen LogP contribution in [0.15, 0.2) is 24.3 Å². The lowest BCUT2D eigenvalue weighted by molar-refractivity contribution is 0.0280. The van der Waals surface area contributed by atoms with Crippen LogP contribution in [-0.4, -0.2) is 53.7 Å². The minimum Gasteiger partial charge on any atom is -0.444 e. The zero-order chi connectivity index (χ0) is 16.4. The molecule has 0 bridgehead atoms. The van der Waals surface area contributed by atoms with Crippen LogP contribution in [0.3, 0.4) is 0 Å². The Kier molecular flexibility index (Phi) is 4.62. The number of benzene rings is 1. The molecule has 1 aromatic carbocycles.